The van der Waals surface area contributed by atoms with E-state index in [1.807, 2.05) is 78.9 Å². The van der Waals surface area contributed by atoms with Gasteiger partial charge >= 0.3 is 11.9 Å². The standard InChI is InChI=1S/C70H42N4O4/c75-69(76)55-42-50(43-56(44-55)70(77)78)29-28-48-24-22-46(23-25-48)17-16-45-18-20-47(21-19-45)26-27-49-30-32-54(33-31-49)68-63-40-38-61(73-63)66(52-12-6-2-7-13-52)59-36-34-57(71-59)65(51-10-4-1-5-11-51)58-35-37-60(72-58)67(53-14-8-3-9-15-53)62-39-41-64(68)74-62/h1-15,18-25,30-44,71,74H,(H,75,76)(H,77,78). The third-order valence-corrected chi connectivity index (χ3v) is 13.4. The lowest BCUT2D eigenvalue weighted by Gasteiger charge is -2.07. The van der Waals surface area contributed by atoms with Gasteiger partial charge in [-0.15, -0.1) is 0 Å². The van der Waals surface area contributed by atoms with Crippen LogP contribution in [0.15, 0.2) is 206 Å². The van der Waals surface area contributed by atoms with E-state index in [2.05, 4.69) is 179 Å². The maximum Gasteiger partial charge on any atom is 0.335 e. The Kier molecular flexibility index (Phi) is 12.8. The highest BCUT2D eigenvalue weighted by Crippen LogP contribution is 2.38. The molecule has 0 unspecified atom stereocenters. The van der Waals surface area contributed by atoms with Crippen LogP contribution in [-0.4, -0.2) is 42.1 Å². The number of aromatic amines is 2. The van der Waals surface area contributed by atoms with Crippen molar-refractivity contribution in [2.45, 2.75) is 0 Å². The van der Waals surface area contributed by atoms with Crippen molar-refractivity contribution in [3.8, 4) is 80.0 Å². The number of H-pyrrole nitrogens is 2. The lowest BCUT2D eigenvalue weighted by molar-refractivity contribution is 0.0696. The third-order valence-electron chi connectivity index (χ3n) is 13.4. The molecule has 8 heteroatoms. The van der Waals surface area contributed by atoms with Crippen LogP contribution < -0.4 is 0 Å². The molecule has 0 fully saturated rings. The fourth-order valence-corrected chi connectivity index (χ4v) is 9.61. The first-order valence-electron chi connectivity index (χ1n) is 25.1. The number of aromatic carboxylic acids is 2. The van der Waals surface area contributed by atoms with Crippen LogP contribution in [0, 0.1) is 35.5 Å². The first-order chi connectivity index (χ1) is 38.3. The zero-order chi connectivity index (χ0) is 53.0. The summed E-state index contributed by atoms with van der Waals surface area (Å²) in [5.41, 5.74) is 19.2. The van der Waals surface area contributed by atoms with E-state index in [0.29, 0.717) is 11.1 Å². The van der Waals surface area contributed by atoms with Gasteiger partial charge in [0.2, 0.25) is 0 Å². The fourth-order valence-electron chi connectivity index (χ4n) is 9.61. The van der Waals surface area contributed by atoms with Crippen molar-refractivity contribution in [3.63, 3.8) is 0 Å². The Bertz CT molecular complexity index is 4390. The van der Waals surface area contributed by atoms with Crippen LogP contribution in [0.5, 0.6) is 0 Å². The SMILES string of the molecule is O=C(O)c1cc(C#Cc2ccc(C#Cc3ccc(C#Cc4ccc(-c5c6nc(c(-c7ccccc7)c7ccc([nH]7)c(-c7ccccc7)c7nc(c(-c8ccccc8)c8ccc5[nH]8)C=C7)C=C6)cc4)cc3)cc2)cc(C(=O)O)c1. The Balaban J connectivity index is 0.879. The first kappa shape index (κ1) is 47.7. The molecule has 0 radical (unpaired) electrons. The second-order valence-electron chi connectivity index (χ2n) is 18.5. The van der Waals surface area contributed by atoms with Crippen LogP contribution in [0.3, 0.4) is 0 Å². The lowest BCUT2D eigenvalue weighted by atomic mass is 10.0. The van der Waals surface area contributed by atoms with Gasteiger partial charge in [0.05, 0.1) is 33.9 Å². The van der Waals surface area contributed by atoms with Crippen molar-refractivity contribution >= 4 is 58.3 Å². The quantitative estimate of drug-likeness (QED) is 0.123. The van der Waals surface area contributed by atoms with Gasteiger partial charge in [-0.3, -0.25) is 0 Å². The summed E-state index contributed by atoms with van der Waals surface area (Å²) in [6, 6.07) is 67.0. The fraction of sp³-hybridized carbons (Fsp3) is 0. The predicted molar refractivity (Wildman–Crippen MR) is 312 cm³/mol. The molecule has 12 rings (SSSR count). The second kappa shape index (κ2) is 20.9. The minimum absolute atomic E-state index is 0.139. The molecule has 366 valence electrons. The van der Waals surface area contributed by atoms with Gasteiger partial charge in [0.1, 0.15) is 0 Å². The summed E-state index contributed by atoms with van der Waals surface area (Å²) >= 11 is 0. The van der Waals surface area contributed by atoms with Crippen molar-refractivity contribution in [2.24, 2.45) is 0 Å². The highest BCUT2D eigenvalue weighted by atomic mass is 16.4. The van der Waals surface area contributed by atoms with Crippen molar-refractivity contribution in [2.75, 3.05) is 0 Å². The Labute approximate surface area is 449 Å². The monoisotopic (exact) mass is 1000 g/mol. The number of carboxylic acids is 2. The summed E-state index contributed by atoms with van der Waals surface area (Å²) in [6.45, 7) is 0. The number of hydrogen-bond acceptors (Lipinski definition) is 4. The molecule has 0 atom stereocenters. The summed E-state index contributed by atoms with van der Waals surface area (Å²) in [6.07, 6.45) is 8.44. The molecule has 8 bridgehead atoms. The topological polar surface area (TPSA) is 132 Å². The van der Waals surface area contributed by atoms with Gasteiger partial charge in [0.25, 0.3) is 0 Å². The van der Waals surface area contributed by atoms with Crippen LogP contribution in [0.1, 0.15) is 76.9 Å². The number of nitrogens with zero attached hydrogens (tertiary/aromatic N) is 2. The normalized spacial score (nSPS) is 11.1. The van der Waals surface area contributed by atoms with Crippen LogP contribution in [0.4, 0.5) is 0 Å². The number of carbonyl (C=O) groups is 2. The molecule has 5 heterocycles. The second-order valence-corrected chi connectivity index (χ2v) is 18.5. The molecule has 0 amide bonds. The molecule has 7 aromatic carbocycles. The number of aromatic nitrogens is 4. The summed E-state index contributed by atoms with van der Waals surface area (Å²) < 4.78 is 0. The van der Waals surface area contributed by atoms with E-state index >= 15 is 0 Å². The third kappa shape index (κ3) is 10.1. The van der Waals surface area contributed by atoms with E-state index in [0.717, 1.165) is 118 Å². The average Bonchev–Trinajstić information content (AvgIpc) is 4.41. The van der Waals surface area contributed by atoms with Crippen LogP contribution in [0.2, 0.25) is 0 Å². The van der Waals surface area contributed by atoms with Crippen LogP contribution in [-0.2, 0) is 0 Å². The van der Waals surface area contributed by atoms with Crippen molar-refractivity contribution in [1.82, 2.24) is 19.9 Å². The number of nitrogens with one attached hydrogen (secondary N) is 2. The molecule has 0 saturated carbocycles. The number of hydrogen-bond donors (Lipinski definition) is 4. The number of carboxylic acid groups (broad SMARTS) is 2. The Morgan fingerprint density at radius 2 is 0.564 bits per heavy atom. The predicted octanol–water partition coefficient (Wildman–Crippen LogP) is 14.9. The average molecular weight is 1000 g/mol. The van der Waals surface area contributed by atoms with E-state index in [4.69, 9.17) is 9.97 Å². The van der Waals surface area contributed by atoms with E-state index < -0.39 is 11.9 Å². The Morgan fingerprint density at radius 1 is 0.308 bits per heavy atom. The molecule has 2 aliphatic heterocycles. The van der Waals surface area contributed by atoms with Crippen molar-refractivity contribution in [3.05, 3.63) is 274 Å². The minimum atomic E-state index is -1.22. The zero-order valence-electron chi connectivity index (χ0n) is 41.5. The largest absolute Gasteiger partial charge is 0.478 e. The molecule has 78 heavy (non-hydrogen) atoms. The first-order valence-corrected chi connectivity index (χ1v) is 25.1. The molecular weight excluding hydrogens is 961 g/mol. The van der Waals surface area contributed by atoms with Gasteiger partial charge in [-0.05, 0) is 150 Å². The molecule has 0 saturated heterocycles. The summed E-state index contributed by atoms with van der Waals surface area (Å²) in [5, 5.41) is 18.8. The van der Waals surface area contributed by atoms with E-state index in [-0.39, 0.29) is 11.1 Å². The molecular formula is C70H42N4O4. The lowest BCUT2D eigenvalue weighted by Crippen LogP contribution is -2.03. The van der Waals surface area contributed by atoms with Gasteiger partial charge in [0.15, 0.2) is 0 Å². The molecule has 3 aromatic heterocycles. The van der Waals surface area contributed by atoms with Gasteiger partial charge in [-0.25, -0.2) is 19.6 Å². The summed E-state index contributed by atoms with van der Waals surface area (Å²) in [7, 11) is 0. The maximum atomic E-state index is 11.5. The highest BCUT2D eigenvalue weighted by molar-refractivity contribution is 6.00. The molecule has 0 spiro atoms. The smallest absolute Gasteiger partial charge is 0.335 e. The molecule has 10 aromatic rings. The minimum Gasteiger partial charge on any atom is -0.478 e. The van der Waals surface area contributed by atoms with Gasteiger partial charge < -0.3 is 20.2 Å². The Morgan fingerprint density at radius 3 is 0.846 bits per heavy atom. The number of benzene rings is 7. The van der Waals surface area contributed by atoms with Crippen molar-refractivity contribution in [1.29, 1.82) is 0 Å². The maximum absolute atomic E-state index is 11.5. The summed E-state index contributed by atoms with van der Waals surface area (Å²) in [5.74, 6) is 16.5. The number of rotatable bonds is 6. The molecule has 2 aliphatic rings. The van der Waals surface area contributed by atoms with E-state index in [1.165, 1.54) is 12.1 Å². The van der Waals surface area contributed by atoms with Gasteiger partial charge in [0, 0.05) is 77.7 Å². The zero-order valence-corrected chi connectivity index (χ0v) is 41.5. The number of fused-ring (bicyclic) bond motifs is 8. The molecule has 4 N–H and O–H groups in total. The van der Waals surface area contributed by atoms with Crippen molar-refractivity contribution < 1.29 is 19.8 Å². The summed E-state index contributed by atoms with van der Waals surface area (Å²) in [4.78, 5) is 41.5. The highest BCUT2D eigenvalue weighted by Gasteiger charge is 2.19. The van der Waals surface area contributed by atoms with Gasteiger partial charge in [-0.2, -0.15) is 0 Å². The van der Waals surface area contributed by atoms with Crippen LogP contribution >= 0.6 is 0 Å². The van der Waals surface area contributed by atoms with E-state index in [1.54, 1.807) is 0 Å². The molecule has 0 aliphatic carbocycles. The van der Waals surface area contributed by atoms with E-state index in [9.17, 15) is 19.8 Å². The van der Waals surface area contributed by atoms with Crippen LogP contribution in [0.25, 0.3) is 90.9 Å². The Hall–Kier alpha value is -11.2. The van der Waals surface area contributed by atoms with Gasteiger partial charge in [-0.1, -0.05) is 139 Å². The molecule has 8 nitrogen and oxygen atoms in total.